The fourth-order valence-electron chi connectivity index (χ4n) is 1.74. The highest BCUT2D eigenvalue weighted by molar-refractivity contribution is 5.69. The molecule has 1 aromatic rings. The fraction of sp³-hybridized carbons (Fsp3) is 0.533. The fourth-order valence-corrected chi connectivity index (χ4v) is 1.74. The van der Waals surface area contributed by atoms with E-state index in [9.17, 15) is 9.90 Å². The van der Waals surface area contributed by atoms with E-state index in [1.54, 1.807) is 0 Å². The van der Waals surface area contributed by atoms with Crippen LogP contribution in [0.5, 0.6) is 5.75 Å². The Morgan fingerprint density at radius 3 is 2.63 bits per heavy atom. The molecule has 4 heteroatoms. The Kier molecular flexibility index (Phi) is 7.66. The molecule has 0 saturated carbocycles. The Balaban J connectivity index is 1.98. The van der Waals surface area contributed by atoms with E-state index < -0.39 is 6.10 Å². The van der Waals surface area contributed by atoms with E-state index in [1.165, 1.54) is 7.11 Å². The maximum Gasteiger partial charge on any atom is 0.308 e. The molecule has 0 bridgehead atoms. The van der Waals surface area contributed by atoms with Gasteiger partial charge in [0.15, 0.2) is 0 Å². The van der Waals surface area contributed by atoms with Crippen LogP contribution in [0.25, 0.3) is 0 Å². The molecule has 106 valence electrons. The minimum Gasteiger partial charge on any atom is -0.494 e. The van der Waals surface area contributed by atoms with Crippen LogP contribution in [0.3, 0.4) is 0 Å². The molecule has 0 aliphatic carbocycles. The molecule has 1 rings (SSSR count). The quantitative estimate of drug-likeness (QED) is 0.551. The van der Waals surface area contributed by atoms with Crippen LogP contribution in [-0.4, -0.2) is 30.9 Å². The molecule has 1 atom stereocenters. The molecule has 1 N–H and O–H groups in total. The van der Waals surface area contributed by atoms with Gasteiger partial charge in [0, 0.05) is 0 Å². The third kappa shape index (κ3) is 7.47. The number of unbranched alkanes of at least 4 members (excludes halogenated alkanes) is 2. The third-order valence-corrected chi connectivity index (χ3v) is 2.82. The van der Waals surface area contributed by atoms with E-state index in [0.717, 1.165) is 25.0 Å². The molecular formula is C15H22O4. The van der Waals surface area contributed by atoms with Gasteiger partial charge in [-0.2, -0.15) is 0 Å². The first-order valence-electron chi connectivity index (χ1n) is 6.65. The summed E-state index contributed by atoms with van der Waals surface area (Å²) >= 11 is 0. The second-order valence-electron chi connectivity index (χ2n) is 4.44. The summed E-state index contributed by atoms with van der Waals surface area (Å²) in [5.41, 5.74) is 0. The van der Waals surface area contributed by atoms with E-state index in [4.69, 9.17) is 4.74 Å². The molecule has 0 heterocycles. The molecule has 0 saturated heterocycles. The minimum atomic E-state index is -0.595. The Morgan fingerprint density at radius 2 is 1.95 bits per heavy atom. The molecule has 0 aliphatic heterocycles. The standard InChI is InChI=1S/C15H22O4/c1-18-15(17)12-13(16)8-4-3-7-11-19-14-9-5-2-6-10-14/h2,5-6,9-10,13,16H,3-4,7-8,11-12H2,1H3. The van der Waals surface area contributed by atoms with Crippen molar-refractivity contribution < 1.29 is 19.4 Å². The number of carbonyl (C=O) groups excluding carboxylic acids is 1. The van der Waals surface area contributed by atoms with Crippen LogP contribution < -0.4 is 4.74 Å². The second-order valence-corrected chi connectivity index (χ2v) is 4.44. The Hall–Kier alpha value is -1.55. The number of ether oxygens (including phenoxy) is 2. The number of aliphatic hydroxyl groups is 1. The molecular weight excluding hydrogens is 244 g/mol. The van der Waals surface area contributed by atoms with Gasteiger partial charge in [-0.1, -0.05) is 24.6 Å². The number of hydrogen-bond donors (Lipinski definition) is 1. The van der Waals surface area contributed by atoms with Crippen molar-refractivity contribution >= 4 is 5.97 Å². The van der Waals surface area contributed by atoms with Gasteiger partial charge in [-0.05, 0) is 31.4 Å². The van der Waals surface area contributed by atoms with Gasteiger partial charge >= 0.3 is 5.97 Å². The lowest BCUT2D eigenvalue weighted by molar-refractivity contribution is -0.142. The lowest BCUT2D eigenvalue weighted by Crippen LogP contribution is -2.14. The van der Waals surface area contributed by atoms with Crippen molar-refractivity contribution in [2.24, 2.45) is 0 Å². The lowest BCUT2D eigenvalue weighted by Gasteiger charge is -2.09. The topological polar surface area (TPSA) is 55.8 Å². The van der Waals surface area contributed by atoms with E-state index in [-0.39, 0.29) is 12.4 Å². The molecule has 0 fully saturated rings. The summed E-state index contributed by atoms with van der Waals surface area (Å²) in [6.07, 6.45) is 2.92. The van der Waals surface area contributed by atoms with Gasteiger partial charge in [0.1, 0.15) is 5.75 Å². The molecule has 0 aliphatic rings. The van der Waals surface area contributed by atoms with Crippen molar-refractivity contribution in [2.45, 2.75) is 38.2 Å². The monoisotopic (exact) mass is 266 g/mol. The summed E-state index contributed by atoms with van der Waals surface area (Å²) in [4.78, 5) is 10.9. The van der Waals surface area contributed by atoms with E-state index in [0.29, 0.717) is 13.0 Å². The highest BCUT2D eigenvalue weighted by Gasteiger charge is 2.10. The van der Waals surface area contributed by atoms with Gasteiger partial charge < -0.3 is 14.6 Å². The highest BCUT2D eigenvalue weighted by atomic mass is 16.5. The smallest absolute Gasteiger partial charge is 0.308 e. The summed E-state index contributed by atoms with van der Waals surface area (Å²) in [5.74, 6) is 0.521. The number of carbonyl (C=O) groups is 1. The van der Waals surface area contributed by atoms with Crippen LogP contribution in [0.2, 0.25) is 0 Å². The molecule has 4 nitrogen and oxygen atoms in total. The summed E-state index contributed by atoms with van der Waals surface area (Å²) in [6.45, 7) is 0.678. The number of benzene rings is 1. The minimum absolute atomic E-state index is 0.0804. The zero-order valence-corrected chi connectivity index (χ0v) is 11.4. The van der Waals surface area contributed by atoms with Gasteiger partial charge in [0.25, 0.3) is 0 Å². The van der Waals surface area contributed by atoms with Crippen molar-refractivity contribution in [3.8, 4) is 5.75 Å². The van der Waals surface area contributed by atoms with Crippen molar-refractivity contribution in [3.05, 3.63) is 30.3 Å². The molecule has 0 spiro atoms. The number of para-hydroxylation sites is 1. The largest absolute Gasteiger partial charge is 0.494 e. The summed E-state index contributed by atoms with van der Waals surface area (Å²) in [7, 11) is 1.33. The maximum absolute atomic E-state index is 10.9. The summed E-state index contributed by atoms with van der Waals surface area (Å²) in [5, 5.41) is 9.55. The first kappa shape index (κ1) is 15.5. The summed E-state index contributed by atoms with van der Waals surface area (Å²) < 4.78 is 10.1. The number of aliphatic hydroxyl groups excluding tert-OH is 1. The third-order valence-electron chi connectivity index (χ3n) is 2.82. The molecule has 0 aromatic heterocycles. The second kappa shape index (κ2) is 9.39. The van der Waals surface area contributed by atoms with Crippen LogP contribution >= 0.6 is 0 Å². The van der Waals surface area contributed by atoms with Gasteiger partial charge in [-0.3, -0.25) is 4.79 Å². The molecule has 1 aromatic carbocycles. The molecule has 0 radical (unpaired) electrons. The van der Waals surface area contributed by atoms with Crippen LogP contribution in [0.4, 0.5) is 0 Å². The zero-order valence-electron chi connectivity index (χ0n) is 11.4. The van der Waals surface area contributed by atoms with Crippen LogP contribution in [-0.2, 0) is 9.53 Å². The van der Waals surface area contributed by atoms with Crippen molar-refractivity contribution in [1.82, 2.24) is 0 Å². The molecule has 19 heavy (non-hydrogen) atoms. The van der Waals surface area contributed by atoms with Gasteiger partial charge in [0.2, 0.25) is 0 Å². The lowest BCUT2D eigenvalue weighted by atomic mass is 10.1. The number of methoxy groups -OCH3 is 1. The molecule has 1 unspecified atom stereocenters. The van der Waals surface area contributed by atoms with Gasteiger partial charge in [-0.15, -0.1) is 0 Å². The van der Waals surface area contributed by atoms with E-state index in [1.807, 2.05) is 30.3 Å². The number of hydrogen-bond acceptors (Lipinski definition) is 4. The predicted molar refractivity (Wildman–Crippen MR) is 73.0 cm³/mol. The summed E-state index contributed by atoms with van der Waals surface area (Å²) in [6, 6.07) is 9.70. The van der Waals surface area contributed by atoms with Crippen LogP contribution in [0.15, 0.2) is 30.3 Å². The Bertz CT molecular complexity index is 350. The van der Waals surface area contributed by atoms with Crippen LogP contribution in [0.1, 0.15) is 32.1 Å². The SMILES string of the molecule is COC(=O)CC(O)CCCCCOc1ccccc1. The van der Waals surface area contributed by atoms with Crippen molar-refractivity contribution in [3.63, 3.8) is 0 Å². The van der Waals surface area contributed by atoms with Crippen molar-refractivity contribution in [1.29, 1.82) is 0 Å². The first-order chi connectivity index (χ1) is 9.22. The van der Waals surface area contributed by atoms with Crippen LogP contribution in [0, 0.1) is 0 Å². The Morgan fingerprint density at radius 1 is 1.21 bits per heavy atom. The number of rotatable bonds is 9. The Labute approximate surface area is 114 Å². The zero-order chi connectivity index (χ0) is 13.9. The van der Waals surface area contributed by atoms with E-state index in [2.05, 4.69) is 4.74 Å². The normalized spacial score (nSPS) is 11.9. The first-order valence-corrected chi connectivity index (χ1v) is 6.65. The average Bonchev–Trinajstić information content (AvgIpc) is 2.43. The van der Waals surface area contributed by atoms with Crippen molar-refractivity contribution in [2.75, 3.05) is 13.7 Å². The molecule has 0 amide bonds. The van der Waals surface area contributed by atoms with Gasteiger partial charge in [0.05, 0.1) is 26.2 Å². The maximum atomic E-state index is 10.9. The highest BCUT2D eigenvalue weighted by Crippen LogP contribution is 2.11. The van der Waals surface area contributed by atoms with E-state index >= 15 is 0 Å². The number of esters is 1. The average molecular weight is 266 g/mol. The predicted octanol–water partition coefficient (Wildman–Crippen LogP) is 2.55. The van der Waals surface area contributed by atoms with Gasteiger partial charge in [-0.25, -0.2) is 0 Å².